The Labute approximate surface area is 197 Å². The molecule has 3 aromatic rings. The highest BCUT2D eigenvalue weighted by Gasteiger charge is 2.13. The molecule has 0 spiro atoms. The van der Waals surface area contributed by atoms with E-state index in [1.165, 1.54) is 38.5 Å². The molecule has 2 aromatic carbocycles. The Hall–Kier alpha value is -3.26. The Morgan fingerprint density at radius 2 is 1.73 bits per heavy atom. The minimum absolute atomic E-state index is 0.507. The normalized spacial score (nSPS) is 11.5. The van der Waals surface area contributed by atoms with E-state index >= 15 is 0 Å². The quantitative estimate of drug-likeness (QED) is 0.207. The zero-order valence-corrected chi connectivity index (χ0v) is 20.1. The third-order valence-corrected chi connectivity index (χ3v) is 5.73. The lowest BCUT2D eigenvalue weighted by Gasteiger charge is -2.13. The number of imidazole rings is 1. The van der Waals surface area contributed by atoms with Crippen LogP contribution in [0.15, 0.2) is 42.5 Å². The first-order chi connectivity index (χ1) is 16.2. The number of fused-ring (bicyclic) bond motifs is 1. The monoisotopic (exact) mass is 445 g/mol. The second kappa shape index (κ2) is 12.7. The van der Waals surface area contributed by atoms with Crippen molar-refractivity contribution in [3.05, 3.63) is 53.9 Å². The van der Waals surface area contributed by atoms with E-state index < -0.39 is 0 Å². The van der Waals surface area contributed by atoms with Crippen LogP contribution in [0.25, 0.3) is 22.7 Å². The average molecular weight is 446 g/mol. The SMILES string of the molecule is CCCCCCCCCOc1ccc(/C=C(/C#N)c2nc3ccccc3n2C)cc1OCC. The molecule has 1 aromatic heterocycles. The van der Waals surface area contributed by atoms with E-state index in [9.17, 15) is 5.26 Å². The number of unbranched alkanes of at least 4 members (excludes halogenated alkanes) is 6. The summed E-state index contributed by atoms with van der Waals surface area (Å²) in [7, 11) is 1.93. The summed E-state index contributed by atoms with van der Waals surface area (Å²) in [5.74, 6) is 2.11. The van der Waals surface area contributed by atoms with Crippen LogP contribution >= 0.6 is 0 Å². The number of aryl methyl sites for hydroxylation is 1. The molecule has 3 rings (SSSR count). The van der Waals surface area contributed by atoms with Crippen molar-refractivity contribution in [2.45, 2.75) is 58.8 Å². The van der Waals surface area contributed by atoms with Gasteiger partial charge in [-0.15, -0.1) is 0 Å². The lowest BCUT2D eigenvalue weighted by atomic mass is 10.1. The molecule has 0 N–H and O–H groups in total. The first-order valence-corrected chi connectivity index (χ1v) is 12.1. The summed E-state index contributed by atoms with van der Waals surface area (Å²) in [4.78, 5) is 4.65. The number of rotatable bonds is 13. The fourth-order valence-corrected chi connectivity index (χ4v) is 3.94. The summed E-state index contributed by atoms with van der Waals surface area (Å²) in [6, 6.07) is 16.0. The van der Waals surface area contributed by atoms with Crippen molar-refractivity contribution >= 4 is 22.7 Å². The molecule has 5 heteroatoms. The maximum atomic E-state index is 9.82. The number of nitrogens with zero attached hydrogens (tertiary/aromatic N) is 3. The molecule has 0 amide bonds. The third kappa shape index (κ3) is 6.61. The predicted molar refractivity (Wildman–Crippen MR) is 135 cm³/mol. The zero-order valence-electron chi connectivity index (χ0n) is 20.1. The van der Waals surface area contributed by atoms with Gasteiger partial charge >= 0.3 is 0 Å². The summed E-state index contributed by atoms with van der Waals surface area (Å²) < 4.78 is 13.8. The molecule has 0 saturated heterocycles. The molecule has 0 aliphatic heterocycles. The number of aromatic nitrogens is 2. The van der Waals surface area contributed by atoms with Crippen molar-refractivity contribution in [1.29, 1.82) is 5.26 Å². The Morgan fingerprint density at radius 3 is 2.45 bits per heavy atom. The van der Waals surface area contributed by atoms with Gasteiger partial charge in [-0.25, -0.2) is 4.98 Å². The molecule has 0 aliphatic rings. The van der Waals surface area contributed by atoms with Gasteiger partial charge in [0.25, 0.3) is 0 Å². The molecule has 0 bridgehead atoms. The number of hydrogen-bond acceptors (Lipinski definition) is 4. The van der Waals surface area contributed by atoms with Gasteiger partial charge in [-0.1, -0.05) is 63.6 Å². The Morgan fingerprint density at radius 1 is 0.970 bits per heavy atom. The number of nitriles is 1. The molecule has 0 fully saturated rings. The minimum Gasteiger partial charge on any atom is -0.490 e. The Bertz CT molecular complexity index is 1110. The van der Waals surface area contributed by atoms with Crippen molar-refractivity contribution in [3.8, 4) is 17.6 Å². The molecule has 0 radical (unpaired) electrons. The summed E-state index contributed by atoms with van der Waals surface area (Å²) in [5.41, 5.74) is 3.26. The third-order valence-electron chi connectivity index (χ3n) is 5.73. The molecular weight excluding hydrogens is 410 g/mol. The second-order valence-corrected chi connectivity index (χ2v) is 8.26. The highest BCUT2D eigenvalue weighted by molar-refractivity contribution is 5.91. The Balaban J connectivity index is 1.70. The van der Waals surface area contributed by atoms with E-state index in [2.05, 4.69) is 18.0 Å². The molecule has 1 heterocycles. The predicted octanol–water partition coefficient (Wildman–Crippen LogP) is 7.17. The molecule has 174 valence electrons. The Kier molecular flexibility index (Phi) is 9.38. The molecule has 0 saturated carbocycles. The highest BCUT2D eigenvalue weighted by Crippen LogP contribution is 2.31. The molecule has 0 aliphatic carbocycles. The highest BCUT2D eigenvalue weighted by atomic mass is 16.5. The second-order valence-electron chi connectivity index (χ2n) is 8.26. The summed E-state index contributed by atoms with van der Waals surface area (Å²) in [6.45, 7) is 5.44. The standard InChI is InChI=1S/C28H35N3O2/c1-4-6-7-8-9-10-13-18-33-26-17-16-22(20-27(26)32-5-2)19-23(21-29)28-30-24-14-11-12-15-25(24)31(28)3/h11-12,14-17,19-20H,4-10,13,18H2,1-3H3/b23-19-. The molecule has 0 unspecified atom stereocenters. The van der Waals surface area contributed by atoms with Gasteiger partial charge in [0.1, 0.15) is 6.07 Å². The zero-order chi connectivity index (χ0) is 23.5. The van der Waals surface area contributed by atoms with E-state index in [0.29, 0.717) is 30.4 Å². The number of ether oxygens (including phenoxy) is 2. The van der Waals surface area contributed by atoms with Gasteiger partial charge in [-0.3, -0.25) is 0 Å². The van der Waals surface area contributed by atoms with Crippen LogP contribution < -0.4 is 9.47 Å². The number of benzene rings is 2. The molecular formula is C28H35N3O2. The van der Waals surface area contributed by atoms with Gasteiger partial charge in [-0.05, 0) is 49.2 Å². The number of para-hydroxylation sites is 2. The van der Waals surface area contributed by atoms with Crippen LogP contribution in [0.1, 0.15) is 70.2 Å². The van der Waals surface area contributed by atoms with Crippen LogP contribution in [0.3, 0.4) is 0 Å². The maximum absolute atomic E-state index is 9.82. The van der Waals surface area contributed by atoms with Crippen LogP contribution in [0.4, 0.5) is 0 Å². The van der Waals surface area contributed by atoms with E-state index in [-0.39, 0.29) is 0 Å². The fraction of sp³-hybridized carbons (Fsp3) is 0.429. The summed E-state index contributed by atoms with van der Waals surface area (Å²) >= 11 is 0. The van der Waals surface area contributed by atoms with Crippen LogP contribution in [0, 0.1) is 11.3 Å². The first kappa shape index (κ1) is 24.4. The van der Waals surface area contributed by atoms with E-state index in [1.54, 1.807) is 0 Å². The van der Waals surface area contributed by atoms with Crippen molar-refractivity contribution in [2.75, 3.05) is 13.2 Å². The average Bonchev–Trinajstić information content (AvgIpc) is 3.17. The maximum Gasteiger partial charge on any atom is 0.161 e. The van der Waals surface area contributed by atoms with Crippen molar-refractivity contribution in [1.82, 2.24) is 9.55 Å². The van der Waals surface area contributed by atoms with Crippen LogP contribution in [-0.2, 0) is 7.05 Å². The van der Waals surface area contributed by atoms with Gasteiger partial charge in [-0.2, -0.15) is 5.26 Å². The summed E-state index contributed by atoms with van der Waals surface area (Å²) in [6.07, 6.45) is 10.6. The van der Waals surface area contributed by atoms with Gasteiger partial charge < -0.3 is 14.0 Å². The van der Waals surface area contributed by atoms with Crippen LogP contribution in [-0.4, -0.2) is 22.8 Å². The van der Waals surface area contributed by atoms with Crippen LogP contribution in [0.2, 0.25) is 0 Å². The molecule has 33 heavy (non-hydrogen) atoms. The van der Waals surface area contributed by atoms with E-state index in [0.717, 1.165) is 28.8 Å². The topological polar surface area (TPSA) is 60.1 Å². The van der Waals surface area contributed by atoms with Gasteiger partial charge in [0.2, 0.25) is 0 Å². The fourth-order valence-electron chi connectivity index (χ4n) is 3.94. The van der Waals surface area contributed by atoms with Crippen molar-refractivity contribution < 1.29 is 9.47 Å². The van der Waals surface area contributed by atoms with Gasteiger partial charge in [0, 0.05) is 7.05 Å². The molecule has 0 atom stereocenters. The van der Waals surface area contributed by atoms with Gasteiger partial charge in [0.05, 0.1) is 29.8 Å². The summed E-state index contributed by atoms with van der Waals surface area (Å²) in [5, 5.41) is 9.82. The number of allylic oxidation sites excluding steroid dienone is 1. The smallest absolute Gasteiger partial charge is 0.161 e. The van der Waals surface area contributed by atoms with E-state index in [4.69, 9.17) is 9.47 Å². The van der Waals surface area contributed by atoms with Crippen molar-refractivity contribution in [2.24, 2.45) is 7.05 Å². The minimum atomic E-state index is 0.507. The van der Waals surface area contributed by atoms with Crippen LogP contribution in [0.5, 0.6) is 11.5 Å². The lowest BCUT2D eigenvalue weighted by Crippen LogP contribution is -2.01. The van der Waals surface area contributed by atoms with Gasteiger partial charge in [0.15, 0.2) is 17.3 Å². The van der Waals surface area contributed by atoms with Crippen molar-refractivity contribution in [3.63, 3.8) is 0 Å². The molecule has 5 nitrogen and oxygen atoms in total. The van der Waals surface area contributed by atoms with E-state index in [1.807, 2.05) is 67.1 Å². The number of hydrogen-bond donors (Lipinski definition) is 0. The lowest BCUT2D eigenvalue weighted by molar-refractivity contribution is 0.270. The largest absolute Gasteiger partial charge is 0.490 e. The first-order valence-electron chi connectivity index (χ1n) is 12.1.